The average molecular weight is 256 g/mol. The molecule has 0 atom stereocenters. The number of nitrogens with zero attached hydrogens (tertiary/aromatic N) is 1. The largest absolute Gasteiger partial charge is 0.358 e. The first-order chi connectivity index (χ1) is 7.84. The molecule has 0 unspecified atom stereocenters. The maximum atomic E-state index is 11.6. The summed E-state index contributed by atoms with van der Waals surface area (Å²) >= 11 is 0. The number of rotatable bonds is 4. The van der Waals surface area contributed by atoms with Crippen LogP contribution < -0.4 is 9.62 Å². The highest BCUT2D eigenvalue weighted by atomic mass is 32.2. The van der Waals surface area contributed by atoms with Crippen LogP contribution in [0.2, 0.25) is 0 Å². The highest BCUT2D eigenvalue weighted by Gasteiger charge is 2.19. The summed E-state index contributed by atoms with van der Waals surface area (Å²) in [6.07, 6.45) is 1.08. The second kappa shape index (κ2) is 5.18. The van der Waals surface area contributed by atoms with Crippen LogP contribution in [0.3, 0.4) is 0 Å². The summed E-state index contributed by atoms with van der Waals surface area (Å²) in [6, 6.07) is 7.01. The monoisotopic (exact) mass is 256 g/mol. The van der Waals surface area contributed by atoms with E-state index in [-0.39, 0.29) is 12.5 Å². The number of carbonyl (C=O) groups excluding carboxylic acids is 1. The molecule has 1 amide bonds. The second-order valence-corrected chi connectivity index (χ2v) is 5.69. The van der Waals surface area contributed by atoms with E-state index in [0.29, 0.717) is 5.69 Å². The summed E-state index contributed by atoms with van der Waals surface area (Å²) in [6.45, 7) is 1.66. The van der Waals surface area contributed by atoms with Crippen molar-refractivity contribution in [1.29, 1.82) is 0 Å². The summed E-state index contributed by atoms with van der Waals surface area (Å²) in [4.78, 5) is 11.3. The molecule has 94 valence electrons. The van der Waals surface area contributed by atoms with Crippen molar-refractivity contribution in [3.05, 3.63) is 29.8 Å². The van der Waals surface area contributed by atoms with E-state index in [2.05, 4.69) is 5.32 Å². The highest BCUT2D eigenvalue weighted by Crippen LogP contribution is 2.18. The average Bonchev–Trinajstić information content (AvgIpc) is 2.23. The van der Waals surface area contributed by atoms with Crippen molar-refractivity contribution in [2.45, 2.75) is 6.92 Å². The van der Waals surface area contributed by atoms with Gasteiger partial charge in [0.25, 0.3) is 0 Å². The number of anilines is 1. The SMILES string of the molecule is CNC(=O)CN(c1cccc(C)c1)S(C)(=O)=O. The molecule has 0 aliphatic heterocycles. The number of sulfonamides is 1. The minimum absolute atomic E-state index is 0.210. The van der Waals surface area contributed by atoms with Crippen LogP contribution in [0.1, 0.15) is 5.56 Å². The number of hydrogen-bond donors (Lipinski definition) is 1. The summed E-state index contributed by atoms with van der Waals surface area (Å²) in [7, 11) is -2.00. The third kappa shape index (κ3) is 3.74. The topological polar surface area (TPSA) is 66.5 Å². The first-order valence-corrected chi connectivity index (χ1v) is 6.94. The van der Waals surface area contributed by atoms with Crippen molar-refractivity contribution in [2.75, 3.05) is 24.2 Å². The smallest absolute Gasteiger partial charge is 0.240 e. The fourth-order valence-corrected chi connectivity index (χ4v) is 2.24. The molecule has 1 N–H and O–H groups in total. The molecule has 0 fully saturated rings. The maximum Gasteiger partial charge on any atom is 0.240 e. The Bertz CT molecular complexity index is 511. The van der Waals surface area contributed by atoms with Gasteiger partial charge in [-0.2, -0.15) is 0 Å². The number of carbonyl (C=O) groups is 1. The predicted molar refractivity (Wildman–Crippen MR) is 67.4 cm³/mol. The lowest BCUT2D eigenvalue weighted by molar-refractivity contribution is -0.119. The summed E-state index contributed by atoms with van der Waals surface area (Å²) in [5, 5.41) is 2.41. The van der Waals surface area contributed by atoms with Crippen LogP contribution in [0.15, 0.2) is 24.3 Å². The molecular weight excluding hydrogens is 240 g/mol. The Kier molecular flexibility index (Phi) is 4.11. The lowest BCUT2D eigenvalue weighted by atomic mass is 10.2. The number of amides is 1. The van der Waals surface area contributed by atoms with Crippen LogP contribution in [-0.4, -0.2) is 34.2 Å². The van der Waals surface area contributed by atoms with Crippen molar-refractivity contribution < 1.29 is 13.2 Å². The normalized spacial score (nSPS) is 11.0. The molecule has 1 rings (SSSR count). The standard InChI is InChI=1S/C11H16N2O3S/c1-9-5-4-6-10(7-9)13(17(3,15)16)8-11(14)12-2/h4-7H,8H2,1-3H3,(H,12,14). The Hall–Kier alpha value is -1.56. The highest BCUT2D eigenvalue weighted by molar-refractivity contribution is 7.92. The van der Waals surface area contributed by atoms with Gasteiger partial charge in [-0.05, 0) is 24.6 Å². The van der Waals surface area contributed by atoms with Crippen molar-refractivity contribution >= 4 is 21.6 Å². The van der Waals surface area contributed by atoms with E-state index >= 15 is 0 Å². The van der Waals surface area contributed by atoms with Crippen molar-refractivity contribution in [3.63, 3.8) is 0 Å². The molecule has 0 aliphatic carbocycles. The van der Waals surface area contributed by atoms with E-state index in [0.717, 1.165) is 16.1 Å². The van der Waals surface area contributed by atoms with Gasteiger partial charge in [0.05, 0.1) is 11.9 Å². The lowest BCUT2D eigenvalue weighted by Crippen LogP contribution is -2.39. The van der Waals surface area contributed by atoms with Gasteiger partial charge in [0.1, 0.15) is 6.54 Å². The quantitative estimate of drug-likeness (QED) is 0.853. The Morgan fingerprint density at radius 1 is 1.41 bits per heavy atom. The van der Waals surface area contributed by atoms with Gasteiger partial charge in [-0.3, -0.25) is 9.10 Å². The maximum absolute atomic E-state index is 11.6. The lowest BCUT2D eigenvalue weighted by Gasteiger charge is -2.21. The first-order valence-electron chi connectivity index (χ1n) is 5.09. The van der Waals surface area contributed by atoms with Crippen LogP contribution >= 0.6 is 0 Å². The van der Waals surface area contributed by atoms with E-state index in [1.54, 1.807) is 18.2 Å². The summed E-state index contributed by atoms with van der Waals surface area (Å²) in [5.41, 5.74) is 1.43. The summed E-state index contributed by atoms with van der Waals surface area (Å²) in [5.74, 6) is -0.350. The predicted octanol–water partition coefficient (Wildman–Crippen LogP) is 0.507. The van der Waals surface area contributed by atoms with Gasteiger partial charge in [-0.15, -0.1) is 0 Å². The van der Waals surface area contributed by atoms with E-state index in [1.807, 2.05) is 13.0 Å². The molecule has 0 radical (unpaired) electrons. The van der Waals surface area contributed by atoms with Crippen LogP contribution in [0.4, 0.5) is 5.69 Å². The number of likely N-dealkylation sites (N-methyl/N-ethyl adjacent to an activating group) is 1. The van der Waals surface area contributed by atoms with E-state index in [9.17, 15) is 13.2 Å². The molecule has 0 aliphatic rings. The molecule has 17 heavy (non-hydrogen) atoms. The first kappa shape index (κ1) is 13.5. The van der Waals surface area contributed by atoms with Gasteiger partial charge in [-0.25, -0.2) is 8.42 Å². The Morgan fingerprint density at radius 2 is 2.06 bits per heavy atom. The summed E-state index contributed by atoms with van der Waals surface area (Å²) < 4.78 is 24.4. The molecular formula is C11H16N2O3S. The van der Waals surface area contributed by atoms with Crippen molar-refractivity contribution in [1.82, 2.24) is 5.32 Å². The van der Waals surface area contributed by atoms with E-state index in [1.165, 1.54) is 7.05 Å². The molecule has 0 heterocycles. The minimum atomic E-state index is -3.47. The Morgan fingerprint density at radius 3 is 2.53 bits per heavy atom. The fraction of sp³-hybridized carbons (Fsp3) is 0.364. The van der Waals surface area contributed by atoms with Crippen molar-refractivity contribution in [3.8, 4) is 0 Å². The Balaban J connectivity index is 3.12. The van der Waals surface area contributed by atoms with Crippen LogP contribution in [0.5, 0.6) is 0 Å². The molecule has 6 heteroatoms. The van der Waals surface area contributed by atoms with E-state index < -0.39 is 10.0 Å². The number of nitrogens with one attached hydrogen (secondary N) is 1. The fourth-order valence-electron chi connectivity index (χ4n) is 1.39. The molecule has 0 saturated carbocycles. The van der Waals surface area contributed by atoms with Crippen LogP contribution in [-0.2, 0) is 14.8 Å². The molecule has 1 aromatic carbocycles. The van der Waals surface area contributed by atoms with Crippen LogP contribution in [0.25, 0.3) is 0 Å². The van der Waals surface area contributed by atoms with Gasteiger partial charge in [0.15, 0.2) is 0 Å². The van der Waals surface area contributed by atoms with Gasteiger partial charge >= 0.3 is 0 Å². The zero-order valence-electron chi connectivity index (χ0n) is 10.1. The molecule has 1 aromatic rings. The van der Waals surface area contributed by atoms with Crippen LogP contribution in [0, 0.1) is 6.92 Å². The third-order valence-corrected chi connectivity index (χ3v) is 3.40. The minimum Gasteiger partial charge on any atom is -0.358 e. The van der Waals surface area contributed by atoms with Gasteiger partial charge in [0, 0.05) is 7.05 Å². The molecule has 0 spiro atoms. The van der Waals surface area contributed by atoms with Gasteiger partial charge in [0.2, 0.25) is 15.9 Å². The van der Waals surface area contributed by atoms with Gasteiger partial charge in [-0.1, -0.05) is 12.1 Å². The molecule has 5 nitrogen and oxygen atoms in total. The number of benzene rings is 1. The number of aryl methyl sites for hydroxylation is 1. The third-order valence-electron chi connectivity index (χ3n) is 2.26. The van der Waals surface area contributed by atoms with Crippen molar-refractivity contribution in [2.24, 2.45) is 0 Å². The number of hydrogen-bond acceptors (Lipinski definition) is 3. The second-order valence-electron chi connectivity index (χ2n) is 3.78. The van der Waals surface area contributed by atoms with Gasteiger partial charge < -0.3 is 5.32 Å². The molecule has 0 saturated heterocycles. The molecule has 0 aromatic heterocycles. The van der Waals surface area contributed by atoms with E-state index in [4.69, 9.17) is 0 Å². The zero-order chi connectivity index (χ0) is 13.1. The zero-order valence-corrected chi connectivity index (χ0v) is 10.9. The molecule has 0 bridgehead atoms. The Labute approximate surface area is 101 Å².